The molecule has 0 fully saturated rings. The van der Waals surface area contributed by atoms with Gasteiger partial charge in [-0.25, -0.2) is 13.9 Å². The Morgan fingerprint density at radius 2 is 2.04 bits per heavy atom. The molecule has 0 spiro atoms. The average Bonchev–Trinajstić information content (AvgIpc) is 3.05. The highest BCUT2D eigenvalue weighted by Crippen LogP contribution is 2.25. The summed E-state index contributed by atoms with van der Waals surface area (Å²) in [6.45, 7) is 2.48. The van der Waals surface area contributed by atoms with Crippen LogP contribution in [0.2, 0.25) is 0 Å². The topological polar surface area (TPSA) is 83.1 Å². The van der Waals surface area contributed by atoms with Crippen LogP contribution >= 0.6 is 0 Å². The van der Waals surface area contributed by atoms with Crippen molar-refractivity contribution in [1.29, 1.82) is 5.26 Å². The minimum absolute atomic E-state index is 0.0232. The number of amides is 1. The zero-order valence-corrected chi connectivity index (χ0v) is 14.7. The van der Waals surface area contributed by atoms with Crippen LogP contribution in [0.15, 0.2) is 30.5 Å². The van der Waals surface area contributed by atoms with E-state index in [1.54, 1.807) is 13.0 Å². The van der Waals surface area contributed by atoms with E-state index < -0.39 is 23.9 Å². The maximum Gasteiger partial charge on any atom is 0.408 e. The number of fused-ring (bicyclic) bond motifs is 1. The summed E-state index contributed by atoms with van der Waals surface area (Å²) in [6, 6.07) is 4.97. The molecule has 28 heavy (non-hydrogen) atoms. The maximum absolute atomic E-state index is 13.4. The average molecular weight is 391 g/mol. The fourth-order valence-electron chi connectivity index (χ4n) is 2.60. The summed E-state index contributed by atoms with van der Waals surface area (Å²) in [4.78, 5) is 16.6. The third kappa shape index (κ3) is 3.51. The molecule has 1 N–H and O–H groups in total. The molecule has 0 saturated heterocycles. The molecule has 0 aliphatic carbocycles. The van der Waals surface area contributed by atoms with Crippen molar-refractivity contribution in [3.05, 3.63) is 53.1 Å². The Labute approximate surface area is 156 Å². The van der Waals surface area contributed by atoms with Gasteiger partial charge in [-0.2, -0.15) is 23.5 Å². The molecular formula is C18H13F4N5O. The number of aromatic nitrogens is 3. The van der Waals surface area contributed by atoms with Gasteiger partial charge in [-0.3, -0.25) is 4.79 Å². The monoisotopic (exact) mass is 391 g/mol. The first-order valence-electron chi connectivity index (χ1n) is 8.05. The Morgan fingerprint density at radius 3 is 2.68 bits per heavy atom. The predicted molar refractivity (Wildman–Crippen MR) is 90.8 cm³/mol. The molecule has 0 bridgehead atoms. The van der Waals surface area contributed by atoms with Gasteiger partial charge in [0.05, 0.1) is 23.5 Å². The van der Waals surface area contributed by atoms with E-state index in [1.165, 1.54) is 10.6 Å². The van der Waals surface area contributed by atoms with Crippen molar-refractivity contribution in [2.45, 2.75) is 26.1 Å². The molecule has 1 aromatic carbocycles. The molecule has 1 atom stereocenters. The maximum atomic E-state index is 13.4. The lowest BCUT2D eigenvalue weighted by molar-refractivity contribution is -0.149. The van der Waals surface area contributed by atoms with Gasteiger partial charge in [0.25, 0.3) is 5.91 Å². The molecule has 0 saturated carbocycles. The first kappa shape index (κ1) is 19.3. The lowest BCUT2D eigenvalue weighted by atomic mass is 10.0. The first-order valence-corrected chi connectivity index (χ1v) is 8.05. The number of carbonyl (C=O) groups is 1. The van der Waals surface area contributed by atoms with Crippen LogP contribution in [0.4, 0.5) is 17.6 Å². The third-order valence-electron chi connectivity index (χ3n) is 4.11. The Morgan fingerprint density at radius 1 is 1.32 bits per heavy atom. The summed E-state index contributed by atoms with van der Waals surface area (Å²) in [6.07, 6.45) is -3.48. The normalized spacial score (nSPS) is 12.6. The highest BCUT2D eigenvalue weighted by molar-refractivity contribution is 6.00. The second-order valence-electron chi connectivity index (χ2n) is 6.11. The van der Waals surface area contributed by atoms with Crippen LogP contribution in [0.1, 0.15) is 28.5 Å². The van der Waals surface area contributed by atoms with Crippen LogP contribution < -0.4 is 5.32 Å². The molecule has 3 rings (SSSR count). The minimum Gasteiger partial charge on any atom is -0.340 e. The lowest BCUT2D eigenvalue weighted by Crippen LogP contribution is -2.43. The zero-order valence-electron chi connectivity index (χ0n) is 14.7. The van der Waals surface area contributed by atoms with E-state index in [2.05, 4.69) is 10.1 Å². The van der Waals surface area contributed by atoms with Crippen LogP contribution in [0.5, 0.6) is 0 Å². The van der Waals surface area contributed by atoms with Crippen molar-refractivity contribution in [3.8, 4) is 17.3 Å². The third-order valence-corrected chi connectivity index (χ3v) is 4.11. The van der Waals surface area contributed by atoms with E-state index >= 15 is 0 Å². The van der Waals surface area contributed by atoms with Crippen molar-refractivity contribution >= 4 is 11.6 Å². The number of benzene rings is 1. The van der Waals surface area contributed by atoms with Crippen molar-refractivity contribution in [2.75, 3.05) is 0 Å². The molecule has 10 heteroatoms. The Bertz CT molecular complexity index is 1110. The largest absolute Gasteiger partial charge is 0.408 e. The van der Waals surface area contributed by atoms with Crippen molar-refractivity contribution < 1.29 is 22.4 Å². The number of aryl methyl sites for hydroxylation is 1. The summed E-state index contributed by atoms with van der Waals surface area (Å²) < 4.78 is 52.8. The van der Waals surface area contributed by atoms with Gasteiger partial charge in [-0.1, -0.05) is 0 Å². The standard InChI is InChI=1S/C18H13F4N5O/c1-9-5-15(13-4-3-12(19)6-11(13)7-23)26-16-14(8-24-27(9)16)17(28)25-10(2)18(20,21)22/h3-6,8,10H,1-2H3,(H,25,28)/t10-/m0/s1. The Hall–Kier alpha value is -3.48. The SMILES string of the molecule is Cc1cc(-c2ccc(F)cc2C#N)nc2c(C(=O)N[C@@H](C)C(F)(F)F)cnn12. The Kier molecular flexibility index (Phi) is 4.77. The summed E-state index contributed by atoms with van der Waals surface area (Å²) in [7, 11) is 0. The minimum atomic E-state index is -4.59. The van der Waals surface area contributed by atoms with Crippen LogP contribution in [-0.4, -0.2) is 32.7 Å². The van der Waals surface area contributed by atoms with Gasteiger partial charge < -0.3 is 5.32 Å². The van der Waals surface area contributed by atoms with Crippen LogP contribution in [-0.2, 0) is 0 Å². The van der Waals surface area contributed by atoms with Gasteiger partial charge in [0.1, 0.15) is 17.4 Å². The van der Waals surface area contributed by atoms with Gasteiger partial charge in [-0.05, 0) is 38.1 Å². The predicted octanol–water partition coefficient (Wildman–Crippen LogP) is 3.40. The number of nitrogens with zero attached hydrogens (tertiary/aromatic N) is 4. The van der Waals surface area contributed by atoms with Crippen LogP contribution in [0.3, 0.4) is 0 Å². The van der Waals surface area contributed by atoms with Gasteiger partial charge in [0.2, 0.25) is 0 Å². The van der Waals surface area contributed by atoms with E-state index in [-0.39, 0.29) is 22.5 Å². The first-order chi connectivity index (χ1) is 13.1. The van der Waals surface area contributed by atoms with Gasteiger partial charge >= 0.3 is 6.18 Å². The highest BCUT2D eigenvalue weighted by atomic mass is 19.4. The molecule has 2 heterocycles. The number of hydrogen-bond donors (Lipinski definition) is 1. The second kappa shape index (κ2) is 6.92. The molecule has 0 aliphatic heterocycles. The molecule has 1 amide bonds. The molecule has 2 aromatic heterocycles. The van der Waals surface area contributed by atoms with Gasteiger partial charge in [-0.15, -0.1) is 0 Å². The van der Waals surface area contributed by atoms with E-state index in [4.69, 9.17) is 0 Å². The van der Waals surface area contributed by atoms with E-state index in [0.717, 1.165) is 25.3 Å². The van der Waals surface area contributed by atoms with Gasteiger partial charge in [0.15, 0.2) is 5.65 Å². The van der Waals surface area contributed by atoms with Crippen molar-refractivity contribution in [1.82, 2.24) is 19.9 Å². The number of rotatable bonds is 3. The highest BCUT2D eigenvalue weighted by Gasteiger charge is 2.37. The summed E-state index contributed by atoms with van der Waals surface area (Å²) in [5.74, 6) is -1.58. The molecular weight excluding hydrogens is 378 g/mol. The van der Waals surface area contributed by atoms with Crippen molar-refractivity contribution in [2.24, 2.45) is 0 Å². The van der Waals surface area contributed by atoms with Crippen molar-refractivity contribution in [3.63, 3.8) is 0 Å². The van der Waals surface area contributed by atoms with Crippen LogP contribution in [0, 0.1) is 24.1 Å². The quantitative estimate of drug-likeness (QED) is 0.694. The smallest absolute Gasteiger partial charge is 0.340 e. The van der Waals surface area contributed by atoms with Crippen LogP contribution in [0.25, 0.3) is 16.9 Å². The summed E-state index contributed by atoms with van der Waals surface area (Å²) in [5.41, 5.74) is 1.02. The molecule has 0 radical (unpaired) electrons. The fraction of sp³-hybridized carbons (Fsp3) is 0.222. The number of hydrogen-bond acceptors (Lipinski definition) is 4. The summed E-state index contributed by atoms with van der Waals surface area (Å²) >= 11 is 0. The van der Waals surface area contributed by atoms with E-state index in [1.807, 2.05) is 11.4 Å². The molecule has 3 aromatic rings. The van der Waals surface area contributed by atoms with Gasteiger partial charge in [0, 0.05) is 11.3 Å². The molecule has 0 unspecified atom stereocenters. The fourth-order valence-corrected chi connectivity index (χ4v) is 2.60. The lowest BCUT2D eigenvalue weighted by Gasteiger charge is -2.16. The Balaban J connectivity index is 2.10. The molecule has 6 nitrogen and oxygen atoms in total. The number of nitriles is 1. The number of carbonyl (C=O) groups excluding carboxylic acids is 1. The summed E-state index contributed by atoms with van der Waals surface area (Å²) in [5, 5.41) is 15.1. The number of halogens is 4. The molecule has 0 aliphatic rings. The van der Waals surface area contributed by atoms with E-state index in [9.17, 15) is 27.6 Å². The molecule has 144 valence electrons. The zero-order chi connectivity index (χ0) is 20.6. The second-order valence-corrected chi connectivity index (χ2v) is 6.11. The number of nitrogens with one attached hydrogen (secondary N) is 1. The number of alkyl halides is 3. The van der Waals surface area contributed by atoms with E-state index in [0.29, 0.717) is 11.3 Å².